The molecule has 0 saturated carbocycles. The second-order valence-electron chi connectivity index (χ2n) is 5.71. The number of benzene rings is 1. The highest BCUT2D eigenvalue weighted by Gasteiger charge is 2.29. The summed E-state index contributed by atoms with van der Waals surface area (Å²) in [6, 6.07) is 5.23. The van der Waals surface area contributed by atoms with Crippen LogP contribution in [0.5, 0.6) is 0 Å². The van der Waals surface area contributed by atoms with Gasteiger partial charge in [0.05, 0.1) is 11.5 Å². The first-order valence-corrected chi connectivity index (χ1v) is 8.78. The van der Waals surface area contributed by atoms with Crippen LogP contribution < -0.4 is 5.32 Å². The fourth-order valence-corrected chi connectivity index (χ4v) is 4.45. The predicted molar refractivity (Wildman–Crippen MR) is 82.3 cm³/mol. The zero-order valence-corrected chi connectivity index (χ0v) is 12.9. The van der Waals surface area contributed by atoms with Crippen molar-refractivity contribution in [3.8, 4) is 0 Å². The van der Waals surface area contributed by atoms with E-state index in [-0.39, 0.29) is 23.5 Å². The summed E-state index contributed by atoms with van der Waals surface area (Å²) in [5.41, 5.74) is 3.78. The van der Waals surface area contributed by atoms with E-state index in [0.29, 0.717) is 12.0 Å². The molecule has 1 aromatic carbocycles. The summed E-state index contributed by atoms with van der Waals surface area (Å²) in [6.07, 6.45) is 0.499. The largest absolute Gasteiger partial charge is 0.358 e. The van der Waals surface area contributed by atoms with Crippen LogP contribution in [0.3, 0.4) is 0 Å². The molecule has 1 unspecified atom stereocenters. The van der Waals surface area contributed by atoms with Crippen LogP contribution in [-0.2, 0) is 9.84 Å². The number of carbonyl (C=O) groups is 1. The summed E-state index contributed by atoms with van der Waals surface area (Å²) in [5, 5.41) is 3.84. The first kappa shape index (κ1) is 14.1. The summed E-state index contributed by atoms with van der Waals surface area (Å²) in [6.45, 7) is 4.01. The first-order valence-electron chi connectivity index (χ1n) is 6.96. The maximum absolute atomic E-state index is 12.3. The van der Waals surface area contributed by atoms with Gasteiger partial charge in [0.15, 0.2) is 9.84 Å². The van der Waals surface area contributed by atoms with Gasteiger partial charge in [-0.1, -0.05) is 0 Å². The van der Waals surface area contributed by atoms with Gasteiger partial charge < -0.3 is 10.3 Å². The van der Waals surface area contributed by atoms with Crippen molar-refractivity contribution in [3.63, 3.8) is 0 Å². The first-order chi connectivity index (χ1) is 9.85. The monoisotopic (exact) mass is 306 g/mol. The molecule has 2 aromatic rings. The van der Waals surface area contributed by atoms with E-state index in [2.05, 4.69) is 10.3 Å². The van der Waals surface area contributed by atoms with Gasteiger partial charge in [0, 0.05) is 28.2 Å². The molecule has 1 fully saturated rings. The second kappa shape index (κ2) is 4.87. The van der Waals surface area contributed by atoms with E-state index in [0.717, 1.165) is 22.2 Å². The van der Waals surface area contributed by atoms with Crippen LogP contribution >= 0.6 is 0 Å². The zero-order chi connectivity index (χ0) is 15.2. The number of nitrogens with one attached hydrogen (secondary N) is 2. The Labute approximate surface area is 123 Å². The van der Waals surface area contributed by atoms with Gasteiger partial charge in [-0.25, -0.2) is 8.42 Å². The molecule has 1 aromatic heterocycles. The van der Waals surface area contributed by atoms with Gasteiger partial charge in [-0.3, -0.25) is 4.79 Å². The van der Waals surface area contributed by atoms with Gasteiger partial charge in [0.2, 0.25) is 0 Å². The highest BCUT2D eigenvalue weighted by atomic mass is 32.2. The molecule has 2 N–H and O–H groups in total. The number of sulfone groups is 1. The Morgan fingerprint density at radius 2 is 2.10 bits per heavy atom. The molecule has 1 amide bonds. The van der Waals surface area contributed by atoms with Gasteiger partial charge in [0.1, 0.15) is 0 Å². The van der Waals surface area contributed by atoms with Crippen molar-refractivity contribution in [2.75, 3.05) is 11.5 Å². The van der Waals surface area contributed by atoms with E-state index in [1.807, 2.05) is 26.0 Å². The van der Waals surface area contributed by atoms with Crippen LogP contribution in [0.25, 0.3) is 10.9 Å². The van der Waals surface area contributed by atoms with E-state index in [1.165, 1.54) is 0 Å². The van der Waals surface area contributed by atoms with Crippen LogP contribution in [0.15, 0.2) is 18.2 Å². The van der Waals surface area contributed by atoms with E-state index in [1.54, 1.807) is 6.07 Å². The number of fused-ring (bicyclic) bond motifs is 1. The topological polar surface area (TPSA) is 79.0 Å². The number of aromatic amines is 1. The van der Waals surface area contributed by atoms with Crippen molar-refractivity contribution < 1.29 is 13.2 Å². The molecule has 1 saturated heterocycles. The number of H-pyrrole nitrogens is 1. The number of aromatic nitrogens is 1. The molecule has 0 aliphatic carbocycles. The highest BCUT2D eigenvalue weighted by Crippen LogP contribution is 2.22. The number of amides is 1. The third-order valence-electron chi connectivity index (χ3n) is 4.14. The van der Waals surface area contributed by atoms with Crippen LogP contribution in [0.4, 0.5) is 0 Å². The lowest BCUT2D eigenvalue weighted by atomic mass is 10.1. The molecule has 1 atom stereocenters. The van der Waals surface area contributed by atoms with E-state index in [9.17, 15) is 13.2 Å². The van der Waals surface area contributed by atoms with E-state index < -0.39 is 9.84 Å². The molecule has 6 heteroatoms. The van der Waals surface area contributed by atoms with Crippen LogP contribution in [0, 0.1) is 13.8 Å². The van der Waals surface area contributed by atoms with Gasteiger partial charge in [0.25, 0.3) is 5.91 Å². The molecule has 1 aliphatic rings. The predicted octanol–water partition coefficient (Wildman–Crippen LogP) is 1.70. The van der Waals surface area contributed by atoms with E-state index in [4.69, 9.17) is 0 Å². The highest BCUT2D eigenvalue weighted by molar-refractivity contribution is 7.91. The number of carbonyl (C=O) groups excluding carboxylic acids is 1. The summed E-state index contributed by atoms with van der Waals surface area (Å²) < 4.78 is 22.9. The fraction of sp³-hybridized carbons (Fsp3) is 0.400. The van der Waals surface area contributed by atoms with Gasteiger partial charge >= 0.3 is 0 Å². The lowest BCUT2D eigenvalue weighted by Gasteiger charge is -2.10. The maximum atomic E-state index is 12.3. The Morgan fingerprint density at radius 1 is 1.33 bits per heavy atom. The summed E-state index contributed by atoms with van der Waals surface area (Å²) in [4.78, 5) is 15.5. The molecule has 0 bridgehead atoms. The SMILES string of the molecule is Cc1[nH]c2ccc(C(=O)NC3CCS(=O)(=O)C3)cc2c1C. The van der Waals surface area contributed by atoms with Crippen molar-refractivity contribution in [2.24, 2.45) is 0 Å². The van der Waals surface area contributed by atoms with Crippen molar-refractivity contribution >= 4 is 26.6 Å². The van der Waals surface area contributed by atoms with Crippen molar-refractivity contribution in [3.05, 3.63) is 35.0 Å². The van der Waals surface area contributed by atoms with Gasteiger partial charge in [-0.05, 0) is 44.0 Å². The quantitative estimate of drug-likeness (QED) is 0.886. The normalized spacial score (nSPS) is 20.8. The lowest BCUT2D eigenvalue weighted by Crippen LogP contribution is -2.35. The third kappa shape index (κ3) is 2.68. The minimum absolute atomic E-state index is 0.0449. The molecular formula is C15H18N2O3S. The Bertz CT molecular complexity index is 821. The Hall–Kier alpha value is -1.82. The van der Waals surface area contributed by atoms with Crippen molar-refractivity contribution in [2.45, 2.75) is 26.3 Å². The minimum atomic E-state index is -2.98. The van der Waals surface area contributed by atoms with Crippen LogP contribution in [-0.4, -0.2) is 36.9 Å². The molecule has 112 valence electrons. The number of hydrogen-bond donors (Lipinski definition) is 2. The number of hydrogen-bond acceptors (Lipinski definition) is 3. The molecule has 21 heavy (non-hydrogen) atoms. The Kier molecular flexibility index (Phi) is 3.28. The molecule has 0 spiro atoms. The average Bonchev–Trinajstić information content (AvgIpc) is 2.90. The molecule has 2 heterocycles. The minimum Gasteiger partial charge on any atom is -0.358 e. The smallest absolute Gasteiger partial charge is 0.251 e. The molecular weight excluding hydrogens is 288 g/mol. The van der Waals surface area contributed by atoms with Crippen LogP contribution in [0.1, 0.15) is 28.0 Å². The second-order valence-corrected chi connectivity index (χ2v) is 7.94. The van der Waals surface area contributed by atoms with Crippen LogP contribution in [0.2, 0.25) is 0 Å². The van der Waals surface area contributed by atoms with E-state index >= 15 is 0 Å². The average molecular weight is 306 g/mol. The number of aryl methyl sites for hydroxylation is 2. The third-order valence-corrected chi connectivity index (χ3v) is 5.91. The molecule has 1 aliphatic heterocycles. The Balaban J connectivity index is 1.83. The van der Waals surface area contributed by atoms with Crippen molar-refractivity contribution in [1.29, 1.82) is 0 Å². The summed E-state index contributed by atoms with van der Waals surface area (Å²) in [5.74, 6) is -0.00614. The fourth-order valence-electron chi connectivity index (χ4n) is 2.78. The summed E-state index contributed by atoms with van der Waals surface area (Å²) >= 11 is 0. The molecule has 3 rings (SSSR count). The summed E-state index contributed by atoms with van der Waals surface area (Å²) in [7, 11) is -2.98. The zero-order valence-electron chi connectivity index (χ0n) is 12.1. The van der Waals surface area contributed by atoms with Crippen molar-refractivity contribution in [1.82, 2.24) is 10.3 Å². The molecule has 0 radical (unpaired) electrons. The number of rotatable bonds is 2. The molecule has 5 nitrogen and oxygen atoms in total. The lowest BCUT2D eigenvalue weighted by molar-refractivity contribution is 0.0941. The Morgan fingerprint density at radius 3 is 2.76 bits per heavy atom. The van der Waals surface area contributed by atoms with Gasteiger partial charge in [-0.2, -0.15) is 0 Å². The maximum Gasteiger partial charge on any atom is 0.251 e. The standard InChI is InChI=1S/C15H18N2O3S/c1-9-10(2)16-14-4-3-11(7-13(9)14)15(18)17-12-5-6-21(19,20)8-12/h3-4,7,12,16H,5-6,8H2,1-2H3,(H,17,18). The van der Waals surface area contributed by atoms with Gasteiger partial charge in [-0.15, -0.1) is 0 Å².